The summed E-state index contributed by atoms with van der Waals surface area (Å²) in [6.45, 7) is 0. The van der Waals surface area contributed by atoms with Gasteiger partial charge in [-0.05, 0) is 29.6 Å². The van der Waals surface area contributed by atoms with Gasteiger partial charge in [0.15, 0.2) is 0 Å². The van der Waals surface area contributed by atoms with E-state index in [2.05, 4.69) is 0 Å². The molecule has 0 bridgehead atoms. The molecule has 0 spiro atoms. The first-order valence-electron chi connectivity index (χ1n) is 3.45. The molecule has 0 aromatic rings. The van der Waals surface area contributed by atoms with Crippen LogP contribution in [0.15, 0.2) is 0 Å². The van der Waals surface area contributed by atoms with Crippen LogP contribution in [0.25, 0.3) is 0 Å². The zero-order valence-electron chi connectivity index (χ0n) is 4.65. The predicted molar refractivity (Wildman–Crippen MR) is 28.5 cm³/mol. The first-order chi connectivity index (χ1) is 4.31. The van der Waals surface area contributed by atoms with E-state index in [1.165, 1.54) is 0 Å². The smallest absolute Gasteiger partial charge is 0.237 e. The van der Waals surface area contributed by atoms with E-state index < -0.39 is 7.68 Å². The van der Waals surface area contributed by atoms with Gasteiger partial charge in [-0.2, -0.15) is 0 Å². The van der Waals surface area contributed by atoms with Crippen molar-refractivity contribution < 1.29 is 9.13 Å². The minimum atomic E-state index is -2.05. The van der Waals surface area contributed by atoms with Crippen molar-refractivity contribution in [3.05, 3.63) is 0 Å². The van der Waals surface area contributed by atoms with Crippen LogP contribution < -0.4 is 0 Å². The quantitative estimate of drug-likeness (QED) is 0.510. The first kappa shape index (κ1) is 3.92. The van der Waals surface area contributed by atoms with Crippen LogP contribution in [-0.2, 0) is 9.13 Å². The summed E-state index contributed by atoms with van der Waals surface area (Å²) in [5, 5.41) is -0.0648. The van der Waals surface area contributed by atoms with Crippen molar-refractivity contribution in [1.29, 1.82) is 0 Å². The molecule has 46 valence electrons. The molecule has 0 aliphatic heterocycles. The van der Waals surface area contributed by atoms with Crippen molar-refractivity contribution in [2.75, 3.05) is 0 Å². The molecule has 4 unspecified atom stereocenters. The maximum atomic E-state index is 10.6. The molecule has 0 aromatic carbocycles. The molecule has 0 amide bonds. The Labute approximate surface area is 52.5 Å². The summed E-state index contributed by atoms with van der Waals surface area (Å²) in [5.74, 6) is 3.83. The SMILES string of the molecule is O=P(=O)C12C3C4C3C1C42. The highest BCUT2D eigenvalue weighted by molar-refractivity contribution is 7.34. The normalized spacial score (nSPS) is 83.8. The Bertz CT molecular complexity index is 269. The monoisotopic (exact) mass is 140 g/mol. The van der Waals surface area contributed by atoms with Gasteiger partial charge in [-0.25, -0.2) is 9.13 Å². The summed E-state index contributed by atoms with van der Waals surface area (Å²) < 4.78 is 21.3. The van der Waals surface area contributed by atoms with Crippen molar-refractivity contribution in [1.82, 2.24) is 0 Å². The summed E-state index contributed by atoms with van der Waals surface area (Å²) in [5.41, 5.74) is 0. The Morgan fingerprint density at radius 1 is 1.00 bits per heavy atom. The summed E-state index contributed by atoms with van der Waals surface area (Å²) in [6.07, 6.45) is 0. The minimum Gasteiger partial charge on any atom is -0.237 e. The maximum absolute atomic E-state index is 10.6. The molecule has 5 aliphatic rings. The molecule has 5 aliphatic carbocycles. The second kappa shape index (κ2) is 0.658. The summed E-state index contributed by atoms with van der Waals surface area (Å²) >= 11 is 0. The van der Waals surface area contributed by atoms with Crippen LogP contribution >= 0.6 is 7.68 Å². The third-order valence-electron chi connectivity index (χ3n) is 4.16. The molecule has 0 heterocycles. The zero-order chi connectivity index (χ0) is 5.96. The van der Waals surface area contributed by atoms with E-state index in [1.54, 1.807) is 0 Å². The number of hydrogen-bond acceptors (Lipinski definition) is 2. The highest BCUT2D eigenvalue weighted by Gasteiger charge is 3.08. The van der Waals surface area contributed by atoms with Gasteiger partial charge < -0.3 is 0 Å². The molecule has 0 aromatic heterocycles. The van der Waals surface area contributed by atoms with E-state index in [0.29, 0.717) is 17.8 Å². The fourth-order valence-corrected chi connectivity index (χ4v) is 5.54. The van der Waals surface area contributed by atoms with E-state index in [0.717, 1.165) is 11.8 Å². The largest absolute Gasteiger partial charge is 0.322 e. The average Bonchev–Trinajstić information content (AvgIpc) is 2.06. The highest BCUT2D eigenvalue weighted by atomic mass is 31.1. The van der Waals surface area contributed by atoms with Gasteiger partial charge in [-0.3, -0.25) is 0 Å². The van der Waals surface area contributed by atoms with E-state index in [9.17, 15) is 9.13 Å². The molecule has 9 heavy (non-hydrogen) atoms. The van der Waals surface area contributed by atoms with Gasteiger partial charge in [-0.1, -0.05) is 0 Å². The van der Waals surface area contributed by atoms with Crippen LogP contribution in [0.5, 0.6) is 0 Å². The van der Waals surface area contributed by atoms with Crippen molar-refractivity contribution in [3.63, 3.8) is 0 Å². The van der Waals surface area contributed by atoms with Gasteiger partial charge in [0.2, 0.25) is 0 Å². The first-order valence-corrected chi connectivity index (χ1v) is 4.63. The molecule has 0 N–H and O–H groups in total. The van der Waals surface area contributed by atoms with Gasteiger partial charge in [0, 0.05) is 0 Å². The van der Waals surface area contributed by atoms with Crippen molar-refractivity contribution >= 4 is 7.68 Å². The van der Waals surface area contributed by atoms with Crippen molar-refractivity contribution in [2.45, 2.75) is 5.16 Å². The number of rotatable bonds is 1. The van der Waals surface area contributed by atoms with Gasteiger partial charge in [0.05, 0.1) is 5.16 Å². The van der Waals surface area contributed by atoms with Crippen LogP contribution in [0.4, 0.5) is 0 Å². The van der Waals surface area contributed by atoms with Crippen molar-refractivity contribution in [3.8, 4) is 0 Å². The second-order valence-electron chi connectivity index (χ2n) is 3.88. The fraction of sp³-hybridized carbons (Fsp3) is 1.00. The lowest BCUT2D eigenvalue weighted by molar-refractivity contribution is 0.415. The van der Waals surface area contributed by atoms with E-state index in [1.807, 2.05) is 0 Å². The van der Waals surface area contributed by atoms with Crippen LogP contribution in [0, 0.1) is 29.6 Å². The predicted octanol–water partition coefficient (Wildman–Crippen LogP) is 1.03. The van der Waals surface area contributed by atoms with Gasteiger partial charge >= 0.3 is 7.68 Å². The van der Waals surface area contributed by atoms with E-state index in [-0.39, 0.29) is 5.16 Å². The van der Waals surface area contributed by atoms with Crippen molar-refractivity contribution in [2.24, 2.45) is 29.6 Å². The lowest BCUT2D eigenvalue weighted by atomic mass is 10.00. The third kappa shape index (κ3) is 0.143. The summed E-state index contributed by atoms with van der Waals surface area (Å²) in [7, 11) is -2.05. The molecule has 4 atom stereocenters. The van der Waals surface area contributed by atoms with Crippen LogP contribution in [0.2, 0.25) is 0 Å². The lowest BCUT2D eigenvalue weighted by Crippen LogP contribution is -2.23. The minimum absolute atomic E-state index is 0.0648. The Morgan fingerprint density at radius 3 is 1.78 bits per heavy atom. The van der Waals surface area contributed by atoms with Gasteiger partial charge in [0.1, 0.15) is 0 Å². The molecule has 5 fully saturated rings. The molecule has 0 saturated heterocycles. The molecule has 0 radical (unpaired) electrons. The lowest BCUT2D eigenvalue weighted by Gasteiger charge is -2.16. The molecule has 5 rings (SSSR count). The standard InChI is InChI=1S/C6H5O2P/c7-9(8)6-3-1-2(3)5(6)4(1)6/h1-5H. The van der Waals surface area contributed by atoms with E-state index >= 15 is 0 Å². The molecule has 5 saturated carbocycles. The molecule has 3 heteroatoms. The van der Waals surface area contributed by atoms with Crippen LogP contribution in [-0.4, -0.2) is 5.16 Å². The maximum Gasteiger partial charge on any atom is 0.322 e. The van der Waals surface area contributed by atoms with Gasteiger partial charge in [-0.15, -0.1) is 0 Å². The summed E-state index contributed by atoms with van der Waals surface area (Å²) in [6, 6.07) is 0. The topological polar surface area (TPSA) is 34.1 Å². The fourth-order valence-electron chi connectivity index (χ4n) is 3.87. The van der Waals surface area contributed by atoms with E-state index in [4.69, 9.17) is 0 Å². The van der Waals surface area contributed by atoms with Crippen LogP contribution in [0.1, 0.15) is 0 Å². The Hall–Kier alpha value is -0.100. The summed E-state index contributed by atoms with van der Waals surface area (Å²) in [4.78, 5) is 0. The molecule has 2 nitrogen and oxygen atoms in total. The molecular formula is C6H5O2P. The average molecular weight is 140 g/mol. The third-order valence-corrected chi connectivity index (χ3v) is 5.69. The van der Waals surface area contributed by atoms with Crippen LogP contribution in [0.3, 0.4) is 0 Å². The number of hydrogen-bond donors (Lipinski definition) is 0. The van der Waals surface area contributed by atoms with Gasteiger partial charge in [0.25, 0.3) is 0 Å². The molecular weight excluding hydrogens is 135 g/mol. The Kier molecular flexibility index (Phi) is 0.287. The second-order valence-corrected chi connectivity index (χ2v) is 5.17. The Morgan fingerprint density at radius 2 is 1.56 bits per heavy atom. The zero-order valence-corrected chi connectivity index (χ0v) is 5.54. The highest BCUT2D eigenvalue weighted by Crippen LogP contribution is 3.06. The Balaban J connectivity index is 2.02.